The quantitative estimate of drug-likeness (QED) is 0.585. The third kappa shape index (κ3) is 5.41. The smallest absolute Gasteiger partial charge is 0.214 e. The van der Waals surface area contributed by atoms with Gasteiger partial charge in [-0.15, -0.1) is 11.8 Å². The Morgan fingerprint density at radius 2 is 2.00 bits per heavy atom. The molecule has 0 bridgehead atoms. The number of hydrogen-bond donors (Lipinski definition) is 1. The molecule has 0 fully saturated rings. The zero-order valence-corrected chi connectivity index (χ0v) is 13.1. The molecule has 2 N–H and O–H groups in total. The molecule has 5 nitrogen and oxygen atoms in total. The van der Waals surface area contributed by atoms with E-state index in [0.29, 0.717) is 18.0 Å². The van der Waals surface area contributed by atoms with E-state index in [1.807, 2.05) is 18.2 Å². The van der Waals surface area contributed by atoms with Crippen molar-refractivity contribution in [3.63, 3.8) is 0 Å². The number of anilines is 1. The second-order valence-corrected chi connectivity index (χ2v) is 7.39. The van der Waals surface area contributed by atoms with Crippen molar-refractivity contribution in [3.05, 3.63) is 24.3 Å². The minimum Gasteiger partial charge on any atom is -0.399 e. The Bertz CT molecular complexity index is 550. The first-order valence-corrected chi connectivity index (χ1v) is 8.92. The van der Waals surface area contributed by atoms with Crippen LogP contribution in [0.1, 0.15) is 13.3 Å². The molecule has 1 aromatic carbocycles. The van der Waals surface area contributed by atoms with Crippen molar-refractivity contribution in [3.8, 4) is 6.07 Å². The third-order valence-corrected chi connectivity index (χ3v) is 5.93. The van der Waals surface area contributed by atoms with Gasteiger partial charge < -0.3 is 5.73 Å². The Balaban J connectivity index is 2.50. The predicted molar refractivity (Wildman–Crippen MR) is 82.8 cm³/mol. The zero-order chi connectivity index (χ0) is 15.0. The fourth-order valence-corrected chi connectivity index (χ4v) is 4.39. The molecule has 0 radical (unpaired) electrons. The number of nitrogen functional groups attached to an aromatic ring is 1. The van der Waals surface area contributed by atoms with E-state index in [1.54, 1.807) is 19.1 Å². The van der Waals surface area contributed by atoms with Crippen LogP contribution in [0.25, 0.3) is 0 Å². The highest BCUT2D eigenvalue weighted by molar-refractivity contribution is 8.00. The number of rotatable bonds is 8. The Morgan fingerprint density at radius 3 is 2.55 bits per heavy atom. The van der Waals surface area contributed by atoms with Crippen LogP contribution in [0.4, 0.5) is 5.69 Å². The summed E-state index contributed by atoms with van der Waals surface area (Å²) >= 11 is 1.48. The average Bonchev–Trinajstić information content (AvgIpc) is 2.41. The fraction of sp³-hybridized carbons (Fsp3) is 0.462. The van der Waals surface area contributed by atoms with Gasteiger partial charge in [0.05, 0.1) is 11.8 Å². The summed E-state index contributed by atoms with van der Waals surface area (Å²) in [6.07, 6.45) is 0.220. The highest BCUT2D eigenvalue weighted by atomic mass is 32.2. The lowest BCUT2D eigenvalue weighted by Gasteiger charge is -2.18. The van der Waals surface area contributed by atoms with Crippen LogP contribution in [0, 0.1) is 11.3 Å². The van der Waals surface area contributed by atoms with E-state index in [-0.39, 0.29) is 18.7 Å². The minimum absolute atomic E-state index is 0.0707. The van der Waals surface area contributed by atoms with Crippen molar-refractivity contribution < 1.29 is 8.42 Å². The maximum Gasteiger partial charge on any atom is 0.214 e. The van der Waals surface area contributed by atoms with E-state index in [1.165, 1.54) is 16.1 Å². The van der Waals surface area contributed by atoms with Crippen molar-refractivity contribution >= 4 is 27.5 Å². The molecule has 0 saturated carbocycles. The molecule has 0 aliphatic rings. The van der Waals surface area contributed by atoms with Gasteiger partial charge >= 0.3 is 0 Å². The van der Waals surface area contributed by atoms with Crippen LogP contribution in [-0.2, 0) is 10.0 Å². The van der Waals surface area contributed by atoms with Gasteiger partial charge in [-0.3, -0.25) is 0 Å². The van der Waals surface area contributed by atoms with Gasteiger partial charge in [0.15, 0.2) is 0 Å². The molecule has 0 aliphatic heterocycles. The lowest BCUT2D eigenvalue weighted by molar-refractivity contribution is 0.436. The molecule has 7 heteroatoms. The summed E-state index contributed by atoms with van der Waals surface area (Å²) in [5.74, 6) is 0.552. The molecule has 0 aliphatic carbocycles. The molecular formula is C13H19N3O2S2. The lowest BCUT2D eigenvalue weighted by Crippen LogP contribution is -2.34. The number of thioether (sulfide) groups is 1. The van der Waals surface area contributed by atoms with Crippen LogP contribution in [0.2, 0.25) is 0 Å². The normalized spacial score (nSPS) is 11.4. The second-order valence-electron chi connectivity index (χ2n) is 4.13. The highest BCUT2D eigenvalue weighted by Crippen LogP contribution is 2.19. The van der Waals surface area contributed by atoms with E-state index < -0.39 is 10.0 Å². The number of sulfonamides is 1. The Labute approximate surface area is 124 Å². The summed E-state index contributed by atoms with van der Waals surface area (Å²) in [4.78, 5) is 0.995. The Kier molecular flexibility index (Phi) is 6.85. The van der Waals surface area contributed by atoms with Gasteiger partial charge in [0, 0.05) is 35.8 Å². The second kappa shape index (κ2) is 8.15. The fourth-order valence-electron chi connectivity index (χ4n) is 1.63. The number of nitrogens with zero attached hydrogens (tertiary/aromatic N) is 2. The van der Waals surface area contributed by atoms with Crippen LogP contribution >= 0.6 is 11.8 Å². The molecule has 0 atom stereocenters. The monoisotopic (exact) mass is 313 g/mol. The topological polar surface area (TPSA) is 87.2 Å². The van der Waals surface area contributed by atoms with E-state index in [9.17, 15) is 8.42 Å². The van der Waals surface area contributed by atoms with Gasteiger partial charge in [0.2, 0.25) is 10.0 Å². The number of hydrogen-bond acceptors (Lipinski definition) is 5. The summed E-state index contributed by atoms with van der Waals surface area (Å²) in [6, 6.07) is 9.31. The molecule has 1 aromatic rings. The first-order valence-electron chi connectivity index (χ1n) is 6.32. The maximum absolute atomic E-state index is 12.1. The summed E-state index contributed by atoms with van der Waals surface area (Å²) in [5.41, 5.74) is 6.28. The van der Waals surface area contributed by atoms with Crippen molar-refractivity contribution in [2.75, 3.05) is 30.3 Å². The van der Waals surface area contributed by atoms with Crippen LogP contribution in [0.15, 0.2) is 29.2 Å². The summed E-state index contributed by atoms with van der Waals surface area (Å²) < 4.78 is 25.6. The Hall–Kier alpha value is -1.23. The molecule has 0 amide bonds. The Morgan fingerprint density at radius 1 is 1.35 bits per heavy atom. The van der Waals surface area contributed by atoms with Crippen molar-refractivity contribution in [1.29, 1.82) is 5.26 Å². The summed E-state index contributed by atoms with van der Waals surface area (Å²) in [5, 5.41) is 8.54. The molecule has 0 aromatic heterocycles. The number of nitrogens with two attached hydrogens (primary N) is 1. The molecule has 0 heterocycles. The third-order valence-electron chi connectivity index (χ3n) is 2.71. The highest BCUT2D eigenvalue weighted by Gasteiger charge is 2.19. The van der Waals surface area contributed by atoms with Crippen LogP contribution in [0.5, 0.6) is 0 Å². The molecule has 110 valence electrons. The first kappa shape index (κ1) is 16.8. The molecule has 0 unspecified atom stereocenters. The molecular weight excluding hydrogens is 294 g/mol. The van der Waals surface area contributed by atoms with Crippen LogP contribution < -0.4 is 5.73 Å². The molecule has 0 spiro atoms. The van der Waals surface area contributed by atoms with Gasteiger partial charge in [-0.05, 0) is 24.3 Å². The standard InChI is InChI=1S/C13H19N3O2S2/c1-2-16(9-3-8-14)20(17,18)11-10-19-13-6-4-12(15)5-7-13/h4-7H,2-3,9-11,15H2,1H3. The SMILES string of the molecule is CCN(CCC#N)S(=O)(=O)CCSc1ccc(N)cc1. The number of nitriles is 1. The largest absolute Gasteiger partial charge is 0.399 e. The van der Waals surface area contributed by atoms with E-state index in [4.69, 9.17) is 11.0 Å². The van der Waals surface area contributed by atoms with Gasteiger partial charge in [-0.25, -0.2) is 12.7 Å². The lowest BCUT2D eigenvalue weighted by atomic mass is 10.3. The molecule has 20 heavy (non-hydrogen) atoms. The number of benzene rings is 1. The van der Waals surface area contributed by atoms with Gasteiger partial charge in [0.1, 0.15) is 0 Å². The van der Waals surface area contributed by atoms with Gasteiger partial charge in [-0.2, -0.15) is 5.26 Å². The van der Waals surface area contributed by atoms with E-state index in [2.05, 4.69) is 0 Å². The summed E-state index contributed by atoms with van der Waals surface area (Å²) in [7, 11) is -3.29. The maximum atomic E-state index is 12.1. The van der Waals surface area contributed by atoms with Crippen molar-refractivity contribution in [2.24, 2.45) is 0 Å². The average molecular weight is 313 g/mol. The first-order chi connectivity index (χ1) is 9.49. The van der Waals surface area contributed by atoms with Crippen LogP contribution in [-0.4, -0.2) is 37.3 Å². The van der Waals surface area contributed by atoms with Crippen molar-refractivity contribution in [2.45, 2.75) is 18.2 Å². The minimum atomic E-state index is -3.29. The van der Waals surface area contributed by atoms with Gasteiger partial charge in [-0.1, -0.05) is 6.92 Å². The predicted octanol–water partition coefficient (Wildman–Crippen LogP) is 1.93. The molecule has 0 saturated heterocycles. The molecule has 1 rings (SSSR count). The van der Waals surface area contributed by atoms with E-state index in [0.717, 1.165) is 4.90 Å². The van der Waals surface area contributed by atoms with Gasteiger partial charge in [0.25, 0.3) is 0 Å². The summed E-state index contributed by atoms with van der Waals surface area (Å²) in [6.45, 7) is 2.44. The van der Waals surface area contributed by atoms with Crippen LogP contribution in [0.3, 0.4) is 0 Å². The zero-order valence-electron chi connectivity index (χ0n) is 11.4. The van der Waals surface area contributed by atoms with E-state index >= 15 is 0 Å². The van der Waals surface area contributed by atoms with Crippen molar-refractivity contribution in [1.82, 2.24) is 4.31 Å².